The van der Waals surface area contributed by atoms with Crippen LogP contribution in [-0.4, -0.2) is 5.97 Å². The zero-order valence-corrected chi connectivity index (χ0v) is 10.2. The maximum Gasteiger partial charge on any atom is 0.310 e. The molecular formula is C13H22O2. The molecule has 2 nitrogen and oxygen atoms in total. The van der Waals surface area contributed by atoms with Gasteiger partial charge in [0.1, 0.15) is 0 Å². The Bertz CT molecular complexity index is 229. The lowest BCUT2D eigenvalue weighted by Gasteiger charge is -2.11. The van der Waals surface area contributed by atoms with Gasteiger partial charge in [0, 0.05) is 6.42 Å². The van der Waals surface area contributed by atoms with E-state index in [4.69, 9.17) is 4.74 Å². The van der Waals surface area contributed by atoms with E-state index in [9.17, 15) is 4.79 Å². The Morgan fingerprint density at radius 2 is 1.80 bits per heavy atom. The quantitative estimate of drug-likeness (QED) is 0.379. The van der Waals surface area contributed by atoms with Gasteiger partial charge < -0.3 is 4.74 Å². The Morgan fingerprint density at radius 3 is 2.33 bits per heavy atom. The standard InChI is InChI=1S/C13H22O2/c1-5-7-8-11(3)12(4)9-10-15-13(14)6-2/h7-12H,5-6H2,1-4H3/b8-7+,10-9+. The summed E-state index contributed by atoms with van der Waals surface area (Å²) in [5, 5.41) is 0. The number of carbonyl (C=O) groups excluding carboxylic acids is 1. The van der Waals surface area contributed by atoms with E-state index >= 15 is 0 Å². The smallest absolute Gasteiger partial charge is 0.310 e. The molecular weight excluding hydrogens is 188 g/mol. The number of allylic oxidation sites excluding steroid dienone is 3. The number of hydrogen-bond donors (Lipinski definition) is 0. The maximum atomic E-state index is 10.8. The van der Waals surface area contributed by atoms with Crippen LogP contribution in [0.1, 0.15) is 40.5 Å². The normalized spacial score (nSPS) is 15.7. The zero-order valence-electron chi connectivity index (χ0n) is 10.2. The largest absolute Gasteiger partial charge is 0.435 e. The molecule has 0 aliphatic carbocycles. The average Bonchev–Trinajstić information content (AvgIpc) is 2.25. The van der Waals surface area contributed by atoms with Crippen LogP contribution in [0.3, 0.4) is 0 Å². The molecule has 0 aromatic rings. The third kappa shape index (κ3) is 6.95. The van der Waals surface area contributed by atoms with Crippen LogP contribution in [0, 0.1) is 11.8 Å². The summed E-state index contributed by atoms with van der Waals surface area (Å²) in [4.78, 5) is 10.8. The first kappa shape index (κ1) is 13.9. The van der Waals surface area contributed by atoms with Crippen LogP contribution in [0.15, 0.2) is 24.5 Å². The first-order valence-corrected chi connectivity index (χ1v) is 5.64. The first-order chi connectivity index (χ1) is 7.11. The van der Waals surface area contributed by atoms with Crippen molar-refractivity contribution in [3.8, 4) is 0 Å². The Balaban J connectivity index is 3.95. The summed E-state index contributed by atoms with van der Waals surface area (Å²) < 4.78 is 4.87. The average molecular weight is 210 g/mol. The Kier molecular flexibility index (Phi) is 7.69. The van der Waals surface area contributed by atoms with Crippen LogP contribution in [0.5, 0.6) is 0 Å². The van der Waals surface area contributed by atoms with Gasteiger partial charge >= 0.3 is 5.97 Å². The van der Waals surface area contributed by atoms with Gasteiger partial charge in [-0.25, -0.2) is 0 Å². The molecule has 0 rings (SSSR count). The lowest BCUT2D eigenvalue weighted by atomic mass is 9.95. The Labute approximate surface area is 93.0 Å². The summed E-state index contributed by atoms with van der Waals surface area (Å²) >= 11 is 0. The number of carbonyl (C=O) groups is 1. The number of hydrogen-bond acceptors (Lipinski definition) is 2. The van der Waals surface area contributed by atoms with Crippen molar-refractivity contribution in [2.75, 3.05) is 0 Å². The highest BCUT2D eigenvalue weighted by molar-refractivity contribution is 5.69. The fourth-order valence-corrected chi connectivity index (χ4v) is 1.02. The molecule has 15 heavy (non-hydrogen) atoms. The van der Waals surface area contributed by atoms with Gasteiger partial charge in [-0.3, -0.25) is 4.79 Å². The molecule has 2 atom stereocenters. The number of rotatable bonds is 6. The topological polar surface area (TPSA) is 26.3 Å². The molecule has 0 bridgehead atoms. The fraction of sp³-hybridized carbons (Fsp3) is 0.615. The van der Waals surface area contributed by atoms with E-state index in [0.717, 1.165) is 6.42 Å². The van der Waals surface area contributed by atoms with Crippen molar-refractivity contribution in [1.29, 1.82) is 0 Å². The van der Waals surface area contributed by atoms with Crippen molar-refractivity contribution >= 4 is 5.97 Å². The van der Waals surface area contributed by atoms with Crippen molar-refractivity contribution in [2.24, 2.45) is 11.8 Å². The van der Waals surface area contributed by atoms with E-state index in [0.29, 0.717) is 18.3 Å². The van der Waals surface area contributed by atoms with E-state index in [1.165, 1.54) is 6.26 Å². The van der Waals surface area contributed by atoms with Gasteiger partial charge in [0.05, 0.1) is 6.26 Å². The zero-order chi connectivity index (χ0) is 11.7. The van der Waals surface area contributed by atoms with Crippen LogP contribution < -0.4 is 0 Å². The van der Waals surface area contributed by atoms with Gasteiger partial charge in [0.15, 0.2) is 0 Å². The highest BCUT2D eigenvalue weighted by atomic mass is 16.5. The van der Waals surface area contributed by atoms with Crippen LogP contribution in [-0.2, 0) is 9.53 Å². The predicted molar refractivity (Wildman–Crippen MR) is 63.3 cm³/mol. The second-order valence-electron chi connectivity index (χ2n) is 3.73. The molecule has 0 amide bonds. The predicted octanol–water partition coefficient (Wildman–Crippen LogP) is 3.69. The molecule has 0 spiro atoms. The van der Waals surface area contributed by atoms with Crippen LogP contribution in [0.25, 0.3) is 0 Å². The summed E-state index contributed by atoms with van der Waals surface area (Å²) in [5.41, 5.74) is 0. The molecule has 0 saturated carbocycles. The van der Waals surface area contributed by atoms with Crippen LogP contribution in [0.2, 0.25) is 0 Å². The molecule has 0 radical (unpaired) electrons. The molecule has 0 N–H and O–H groups in total. The molecule has 2 heteroatoms. The van der Waals surface area contributed by atoms with Crippen molar-refractivity contribution < 1.29 is 9.53 Å². The minimum Gasteiger partial charge on any atom is -0.435 e. The highest BCUT2D eigenvalue weighted by Gasteiger charge is 2.05. The molecule has 86 valence electrons. The molecule has 0 aliphatic heterocycles. The first-order valence-electron chi connectivity index (χ1n) is 5.64. The van der Waals surface area contributed by atoms with Gasteiger partial charge in [-0.2, -0.15) is 0 Å². The highest BCUT2D eigenvalue weighted by Crippen LogP contribution is 2.14. The molecule has 2 unspecified atom stereocenters. The third-order valence-electron chi connectivity index (χ3n) is 2.37. The van der Waals surface area contributed by atoms with E-state index in [1.54, 1.807) is 6.92 Å². The monoisotopic (exact) mass is 210 g/mol. The van der Waals surface area contributed by atoms with Crippen LogP contribution >= 0.6 is 0 Å². The van der Waals surface area contributed by atoms with Gasteiger partial charge in [0.25, 0.3) is 0 Å². The number of ether oxygens (including phenoxy) is 1. The summed E-state index contributed by atoms with van der Waals surface area (Å²) in [5.74, 6) is 0.675. The van der Waals surface area contributed by atoms with Gasteiger partial charge in [-0.15, -0.1) is 0 Å². The molecule has 0 fully saturated rings. The lowest BCUT2D eigenvalue weighted by Crippen LogP contribution is -2.03. The summed E-state index contributed by atoms with van der Waals surface area (Å²) in [6.45, 7) is 8.17. The van der Waals surface area contributed by atoms with Gasteiger partial charge in [0.2, 0.25) is 0 Å². The Hall–Kier alpha value is -1.05. The molecule has 0 heterocycles. The fourth-order valence-electron chi connectivity index (χ4n) is 1.02. The van der Waals surface area contributed by atoms with E-state index < -0.39 is 0 Å². The van der Waals surface area contributed by atoms with Crippen molar-refractivity contribution in [3.05, 3.63) is 24.5 Å². The summed E-state index contributed by atoms with van der Waals surface area (Å²) in [6.07, 6.45) is 9.27. The lowest BCUT2D eigenvalue weighted by molar-refractivity contribution is -0.137. The van der Waals surface area contributed by atoms with Crippen LogP contribution in [0.4, 0.5) is 0 Å². The van der Waals surface area contributed by atoms with Gasteiger partial charge in [-0.1, -0.05) is 39.8 Å². The van der Waals surface area contributed by atoms with E-state index in [1.807, 2.05) is 6.08 Å². The molecule has 0 aliphatic rings. The van der Waals surface area contributed by atoms with Crippen molar-refractivity contribution in [2.45, 2.75) is 40.5 Å². The minimum absolute atomic E-state index is 0.185. The number of esters is 1. The van der Waals surface area contributed by atoms with Gasteiger partial charge in [-0.05, 0) is 24.3 Å². The molecule has 0 aromatic heterocycles. The second-order valence-corrected chi connectivity index (χ2v) is 3.73. The summed E-state index contributed by atoms with van der Waals surface area (Å²) in [7, 11) is 0. The van der Waals surface area contributed by atoms with Crippen molar-refractivity contribution in [1.82, 2.24) is 0 Å². The van der Waals surface area contributed by atoms with E-state index in [2.05, 4.69) is 32.9 Å². The van der Waals surface area contributed by atoms with Crippen molar-refractivity contribution in [3.63, 3.8) is 0 Å². The minimum atomic E-state index is -0.185. The van der Waals surface area contributed by atoms with E-state index in [-0.39, 0.29) is 5.97 Å². The molecule has 0 aromatic carbocycles. The third-order valence-corrected chi connectivity index (χ3v) is 2.37. The molecule has 0 saturated heterocycles. The Morgan fingerprint density at radius 1 is 1.20 bits per heavy atom. The SMILES string of the molecule is CC/C=C/C(C)C(C)/C=C/OC(=O)CC. The second kappa shape index (κ2) is 8.27. The summed E-state index contributed by atoms with van der Waals surface area (Å²) in [6, 6.07) is 0. The maximum absolute atomic E-state index is 10.8.